The van der Waals surface area contributed by atoms with Crippen molar-refractivity contribution in [3.63, 3.8) is 0 Å². The number of hydrogen-bond donors (Lipinski definition) is 5. The van der Waals surface area contributed by atoms with Crippen molar-refractivity contribution in [2.24, 2.45) is 0 Å². The lowest BCUT2D eigenvalue weighted by molar-refractivity contribution is -0.271. The van der Waals surface area contributed by atoms with Crippen LogP contribution >= 0.6 is 11.8 Å². The predicted molar refractivity (Wildman–Crippen MR) is 143 cm³/mol. The van der Waals surface area contributed by atoms with E-state index in [-0.39, 0.29) is 28.6 Å². The number of thioether (sulfide) groups is 1. The highest BCUT2D eigenvalue weighted by atomic mass is 32.2. The Morgan fingerprint density at radius 2 is 1.75 bits per heavy atom. The van der Waals surface area contributed by atoms with Crippen LogP contribution < -0.4 is 25.0 Å². The number of methoxy groups -OCH3 is 2. The zero-order chi connectivity index (χ0) is 29.3. The lowest BCUT2D eigenvalue weighted by Crippen LogP contribution is -2.61. The van der Waals surface area contributed by atoms with E-state index in [0.29, 0.717) is 40.0 Å². The summed E-state index contributed by atoms with van der Waals surface area (Å²) >= 11 is 1.30. The molecule has 0 spiro atoms. The second-order valence-corrected chi connectivity index (χ2v) is 10.2. The molecule has 2 aliphatic rings. The second-order valence-electron chi connectivity index (χ2n) is 9.40. The molecule has 2 aromatic rings. The van der Waals surface area contributed by atoms with Crippen molar-refractivity contribution in [2.75, 3.05) is 20.5 Å². The van der Waals surface area contributed by atoms with Gasteiger partial charge in [0.2, 0.25) is 17.9 Å². The molecule has 2 aromatic carbocycles. The number of aliphatic hydroxyl groups excluding tert-OH is 3. The minimum atomic E-state index is -1.88. The molecule has 3 unspecified atom stereocenters. The van der Waals surface area contributed by atoms with Crippen LogP contribution in [-0.2, 0) is 20.7 Å². The zero-order valence-electron chi connectivity index (χ0n) is 22.2. The molecule has 0 aromatic heterocycles. The van der Waals surface area contributed by atoms with Gasteiger partial charge in [0.25, 0.3) is 0 Å². The van der Waals surface area contributed by atoms with Gasteiger partial charge in [-0.3, -0.25) is 9.59 Å². The summed E-state index contributed by atoms with van der Waals surface area (Å²) in [6.07, 6.45) is -6.44. The van der Waals surface area contributed by atoms with Crippen molar-refractivity contribution in [3.05, 3.63) is 45.6 Å². The van der Waals surface area contributed by atoms with Crippen molar-refractivity contribution >= 4 is 23.6 Å². The summed E-state index contributed by atoms with van der Waals surface area (Å²) < 4.78 is 22.5. The number of nitrogens with one attached hydrogen (secondary N) is 1. The summed E-state index contributed by atoms with van der Waals surface area (Å²) in [6.45, 7) is 1.40. The first kappa shape index (κ1) is 29.6. The molecule has 1 fully saturated rings. The van der Waals surface area contributed by atoms with E-state index in [1.54, 1.807) is 24.5 Å². The highest BCUT2D eigenvalue weighted by molar-refractivity contribution is 7.98. The molecule has 1 heterocycles. The topological polar surface area (TPSA) is 181 Å². The molecule has 1 aliphatic heterocycles. The molecule has 40 heavy (non-hydrogen) atoms. The van der Waals surface area contributed by atoms with Gasteiger partial charge in [-0.15, -0.1) is 11.8 Å². The summed E-state index contributed by atoms with van der Waals surface area (Å²) in [5.41, 5.74) is 2.31. The van der Waals surface area contributed by atoms with Crippen LogP contribution in [0.25, 0.3) is 11.1 Å². The van der Waals surface area contributed by atoms with Crippen molar-refractivity contribution in [1.82, 2.24) is 5.32 Å². The molecule has 6 atom stereocenters. The van der Waals surface area contributed by atoms with E-state index >= 15 is 0 Å². The number of amides is 1. The lowest BCUT2D eigenvalue weighted by atomic mass is 9.95. The van der Waals surface area contributed by atoms with Crippen LogP contribution in [-0.4, -0.2) is 83.5 Å². The first-order valence-electron chi connectivity index (χ1n) is 12.4. The number of aliphatic carboxylic acids is 1. The largest absolute Gasteiger partial charge is 0.492 e. The molecule has 0 bridgehead atoms. The molecule has 12 nitrogen and oxygen atoms in total. The van der Waals surface area contributed by atoms with Gasteiger partial charge < -0.3 is 44.7 Å². The second kappa shape index (κ2) is 12.0. The van der Waals surface area contributed by atoms with E-state index in [1.165, 1.54) is 39.0 Å². The van der Waals surface area contributed by atoms with E-state index in [0.717, 1.165) is 0 Å². The van der Waals surface area contributed by atoms with Crippen LogP contribution in [0, 0.1) is 0 Å². The fourth-order valence-corrected chi connectivity index (χ4v) is 5.54. The first-order valence-corrected chi connectivity index (χ1v) is 13.6. The molecular weight excluding hydrogens is 546 g/mol. The van der Waals surface area contributed by atoms with E-state index in [9.17, 15) is 34.8 Å². The number of carbonyl (C=O) groups excluding carboxylic acids is 1. The number of benzene rings is 1. The Morgan fingerprint density at radius 3 is 2.35 bits per heavy atom. The zero-order valence-corrected chi connectivity index (χ0v) is 23.1. The average Bonchev–Trinajstić information content (AvgIpc) is 3.16. The lowest BCUT2D eigenvalue weighted by Gasteiger charge is -2.38. The third-order valence-corrected chi connectivity index (χ3v) is 7.71. The molecule has 4 rings (SSSR count). The number of ether oxygens (including phenoxy) is 4. The van der Waals surface area contributed by atoms with Gasteiger partial charge in [-0.25, -0.2) is 4.79 Å². The Kier molecular flexibility index (Phi) is 8.90. The fraction of sp³-hybridized carbons (Fsp3) is 0.444. The van der Waals surface area contributed by atoms with Crippen molar-refractivity contribution in [1.29, 1.82) is 0 Å². The quantitative estimate of drug-likeness (QED) is 0.293. The highest BCUT2D eigenvalue weighted by Gasteiger charge is 2.48. The van der Waals surface area contributed by atoms with Crippen LogP contribution in [0.1, 0.15) is 30.5 Å². The minimum absolute atomic E-state index is 0.0176. The van der Waals surface area contributed by atoms with Gasteiger partial charge in [0.15, 0.2) is 23.0 Å². The van der Waals surface area contributed by atoms with Gasteiger partial charge in [-0.2, -0.15) is 0 Å². The fourth-order valence-electron chi connectivity index (χ4n) is 5.07. The third-order valence-electron chi connectivity index (χ3n) is 6.93. The van der Waals surface area contributed by atoms with Crippen molar-refractivity contribution < 1.29 is 49.0 Å². The predicted octanol–water partition coefficient (Wildman–Crippen LogP) is 0.847. The molecule has 13 heteroatoms. The van der Waals surface area contributed by atoms with E-state index in [2.05, 4.69) is 5.32 Å². The standard InChI is InChI=1S/C27H31NO11S/c1-11(29)28-15-7-5-12-9-17(38-27-22(33)20(31)21(32)25(39-27)26(34)35)23(36-2)24(37-3)19(12)13-6-8-18(40-4)16(30)10-14(13)15/h6,8-10,15,20-22,25,27,31-33H,5,7H2,1-4H3,(H,28,29)(H,34,35)/t15-,20?,21-,22?,25?,27+/m1/s1. The van der Waals surface area contributed by atoms with E-state index < -0.39 is 42.7 Å². The number of aliphatic hydroxyl groups is 3. The van der Waals surface area contributed by atoms with Crippen LogP contribution in [0.2, 0.25) is 0 Å². The van der Waals surface area contributed by atoms with Gasteiger partial charge in [-0.1, -0.05) is 6.07 Å². The van der Waals surface area contributed by atoms with Gasteiger partial charge in [-0.05, 0) is 54.0 Å². The van der Waals surface area contributed by atoms with E-state index in [1.807, 2.05) is 0 Å². The summed E-state index contributed by atoms with van der Waals surface area (Å²) in [4.78, 5) is 37.1. The van der Waals surface area contributed by atoms with Crippen LogP contribution in [0.5, 0.6) is 17.2 Å². The van der Waals surface area contributed by atoms with Crippen molar-refractivity contribution in [2.45, 2.75) is 61.4 Å². The highest BCUT2D eigenvalue weighted by Crippen LogP contribution is 2.50. The Morgan fingerprint density at radius 1 is 1.05 bits per heavy atom. The number of carboxylic acid groups (broad SMARTS) is 1. The number of carboxylic acids is 1. The molecule has 1 aliphatic carbocycles. The average molecular weight is 578 g/mol. The van der Waals surface area contributed by atoms with Gasteiger partial charge >= 0.3 is 5.97 Å². The Labute approximate surface area is 233 Å². The minimum Gasteiger partial charge on any atom is -0.492 e. The molecule has 216 valence electrons. The molecule has 0 saturated carbocycles. The Hall–Kier alpha value is -3.36. The maximum absolute atomic E-state index is 13.0. The maximum Gasteiger partial charge on any atom is 0.335 e. The number of hydrogen-bond acceptors (Lipinski definition) is 11. The number of fused-ring (bicyclic) bond motifs is 3. The monoisotopic (exact) mass is 577 g/mol. The molecule has 1 amide bonds. The first-order chi connectivity index (χ1) is 19.0. The van der Waals surface area contributed by atoms with Crippen LogP contribution in [0.4, 0.5) is 0 Å². The number of carbonyl (C=O) groups is 2. The summed E-state index contributed by atoms with van der Waals surface area (Å²) in [6, 6.07) is 6.12. The number of aryl methyl sites for hydroxylation is 1. The Bertz CT molecular complexity index is 1370. The van der Waals surface area contributed by atoms with Crippen molar-refractivity contribution in [3.8, 4) is 28.4 Å². The smallest absolute Gasteiger partial charge is 0.335 e. The van der Waals surface area contributed by atoms with Gasteiger partial charge in [0, 0.05) is 12.5 Å². The van der Waals surface area contributed by atoms with Gasteiger partial charge in [0.05, 0.1) is 25.2 Å². The summed E-state index contributed by atoms with van der Waals surface area (Å²) in [7, 11) is 2.78. The SMILES string of the molecule is COc1c(O[C@H]2OC(C(=O)O)[C@H](O)C(O)C2O)cc2c(c1OC)-c1ccc(SC)c(=O)cc1[C@H](NC(C)=O)CC2. The van der Waals surface area contributed by atoms with Crippen LogP contribution in [0.15, 0.2) is 34.0 Å². The molecule has 0 radical (unpaired) electrons. The maximum atomic E-state index is 13.0. The van der Waals surface area contributed by atoms with Crippen LogP contribution in [0.3, 0.4) is 0 Å². The Balaban J connectivity index is 1.89. The summed E-state index contributed by atoms with van der Waals surface area (Å²) in [5, 5.41) is 43.1. The third kappa shape index (κ3) is 5.47. The number of rotatable bonds is 7. The van der Waals surface area contributed by atoms with E-state index in [4.69, 9.17) is 18.9 Å². The normalized spacial score (nSPS) is 25.6. The summed E-state index contributed by atoms with van der Waals surface area (Å²) in [5.74, 6) is -1.49. The van der Waals surface area contributed by atoms with Gasteiger partial charge in [0.1, 0.15) is 18.3 Å². The molecular formula is C27H31NO11S. The molecule has 5 N–H and O–H groups in total. The molecule has 1 saturated heterocycles.